The van der Waals surface area contributed by atoms with Crippen molar-refractivity contribution in [3.05, 3.63) is 54.4 Å². The summed E-state index contributed by atoms with van der Waals surface area (Å²) >= 11 is 4.20. The largest absolute Gasteiger partial charge is 0.391 e. The summed E-state index contributed by atoms with van der Waals surface area (Å²) in [5.41, 5.74) is 3.75. The Kier molecular flexibility index (Phi) is 4.72. The van der Waals surface area contributed by atoms with E-state index in [0.29, 0.717) is 0 Å². The summed E-state index contributed by atoms with van der Waals surface area (Å²) in [5.74, 6) is 0. The van der Waals surface area contributed by atoms with Crippen molar-refractivity contribution >= 4 is 12.6 Å². The molecule has 0 atom stereocenters. The minimum Gasteiger partial charge on any atom is -0.391 e. The molecule has 0 spiro atoms. The first-order chi connectivity index (χ1) is 6.80. The maximum atomic E-state index is 4.55. The molecule has 1 aliphatic heterocycles. The first-order valence-electron chi connectivity index (χ1n) is 4.28. The highest BCUT2D eigenvalue weighted by atomic mass is 32.1. The van der Waals surface area contributed by atoms with Crippen molar-refractivity contribution in [3.63, 3.8) is 0 Å². The lowest BCUT2D eigenvalue weighted by Crippen LogP contribution is -2.01. The number of hydrogen-bond acceptors (Lipinski definition) is 3. The van der Waals surface area contributed by atoms with Gasteiger partial charge in [-0.15, -0.1) is 12.6 Å². The van der Waals surface area contributed by atoms with E-state index in [0.717, 1.165) is 4.90 Å². The average Bonchev–Trinajstić information content (AvgIpc) is 2.26. The van der Waals surface area contributed by atoms with Crippen molar-refractivity contribution in [2.45, 2.75) is 11.8 Å². The van der Waals surface area contributed by atoms with E-state index in [2.05, 4.69) is 22.9 Å². The Morgan fingerprint density at radius 2 is 2.00 bits per heavy atom. The molecule has 0 aliphatic carbocycles. The summed E-state index contributed by atoms with van der Waals surface area (Å²) in [6, 6.07) is 8.02. The van der Waals surface area contributed by atoms with Gasteiger partial charge in [0, 0.05) is 11.1 Å². The third-order valence-corrected chi connectivity index (χ3v) is 2.11. The zero-order valence-electron chi connectivity index (χ0n) is 7.97. The van der Waals surface area contributed by atoms with Gasteiger partial charge in [-0.1, -0.05) is 18.2 Å². The lowest BCUT2D eigenvalue weighted by atomic mass is 10.2. The third-order valence-electron chi connectivity index (χ3n) is 1.61. The molecule has 0 amide bonds. The number of aryl methyl sites for hydroxylation is 1. The Hall–Kier alpha value is -1.35. The van der Waals surface area contributed by atoms with Gasteiger partial charge in [-0.25, -0.2) is 5.48 Å². The zero-order valence-corrected chi connectivity index (χ0v) is 8.87. The second-order valence-corrected chi connectivity index (χ2v) is 3.19. The molecular formula is C11H13NOS. The SMILES string of the molecule is C1=CNOC=C1.Cc1ccccc1S. The van der Waals surface area contributed by atoms with E-state index in [1.165, 1.54) is 5.56 Å². The fourth-order valence-corrected chi connectivity index (χ4v) is 0.982. The van der Waals surface area contributed by atoms with Crippen LogP contribution in [0, 0.1) is 6.92 Å². The summed E-state index contributed by atoms with van der Waals surface area (Å²) in [4.78, 5) is 5.61. The molecule has 0 saturated heterocycles. The summed E-state index contributed by atoms with van der Waals surface area (Å²) in [7, 11) is 0. The minimum atomic E-state index is 1.06. The van der Waals surface area contributed by atoms with Crippen LogP contribution in [0.15, 0.2) is 53.8 Å². The average molecular weight is 207 g/mol. The smallest absolute Gasteiger partial charge is 0.119 e. The molecule has 0 saturated carbocycles. The Labute approximate surface area is 89.6 Å². The first-order valence-corrected chi connectivity index (χ1v) is 4.73. The van der Waals surface area contributed by atoms with Crippen LogP contribution >= 0.6 is 12.6 Å². The van der Waals surface area contributed by atoms with Crippen LogP contribution in [0.25, 0.3) is 0 Å². The van der Waals surface area contributed by atoms with Gasteiger partial charge < -0.3 is 4.84 Å². The quantitative estimate of drug-likeness (QED) is 0.638. The fraction of sp³-hybridized carbons (Fsp3) is 0.0909. The molecule has 1 heterocycles. The summed E-state index contributed by atoms with van der Waals surface area (Å²) in [5, 5.41) is 0. The van der Waals surface area contributed by atoms with Gasteiger partial charge in [-0.2, -0.15) is 0 Å². The van der Waals surface area contributed by atoms with Crippen LogP contribution < -0.4 is 5.48 Å². The fourth-order valence-electron chi connectivity index (χ4n) is 0.821. The van der Waals surface area contributed by atoms with Gasteiger partial charge in [-0.05, 0) is 30.7 Å². The van der Waals surface area contributed by atoms with Crippen LogP contribution in [0.3, 0.4) is 0 Å². The van der Waals surface area contributed by atoms with Gasteiger partial charge in [0.2, 0.25) is 0 Å². The normalized spacial score (nSPS) is 12.1. The van der Waals surface area contributed by atoms with Crippen molar-refractivity contribution in [2.24, 2.45) is 0 Å². The van der Waals surface area contributed by atoms with E-state index in [1.807, 2.05) is 37.3 Å². The van der Waals surface area contributed by atoms with Crippen LogP contribution in [0.5, 0.6) is 0 Å². The van der Waals surface area contributed by atoms with Gasteiger partial charge in [0.05, 0.1) is 0 Å². The van der Waals surface area contributed by atoms with E-state index in [1.54, 1.807) is 18.5 Å². The van der Waals surface area contributed by atoms with E-state index in [4.69, 9.17) is 0 Å². The van der Waals surface area contributed by atoms with Gasteiger partial charge >= 0.3 is 0 Å². The molecule has 1 N–H and O–H groups in total. The van der Waals surface area contributed by atoms with Gasteiger partial charge in [0.1, 0.15) is 6.26 Å². The van der Waals surface area contributed by atoms with E-state index in [9.17, 15) is 0 Å². The van der Waals surface area contributed by atoms with Crippen molar-refractivity contribution in [2.75, 3.05) is 0 Å². The Balaban J connectivity index is 0.000000146. The highest BCUT2D eigenvalue weighted by molar-refractivity contribution is 7.80. The van der Waals surface area contributed by atoms with Crippen LogP contribution in [0.4, 0.5) is 0 Å². The monoisotopic (exact) mass is 207 g/mol. The number of benzene rings is 1. The highest BCUT2D eigenvalue weighted by Gasteiger charge is 1.84. The molecule has 0 aromatic heterocycles. The van der Waals surface area contributed by atoms with Gasteiger partial charge in [0.25, 0.3) is 0 Å². The summed E-state index contributed by atoms with van der Waals surface area (Å²) < 4.78 is 0. The standard InChI is InChI=1S/C7H8S.C4H5NO/c1-6-4-2-3-5-7(6)8;1-2-4-6-5-3-1/h2-5,8H,1H3;1-5H. The Morgan fingerprint density at radius 3 is 2.29 bits per heavy atom. The Bertz CT molecular complexity index is 301. The van der Waals surface area contributed by atoms with Gasteiger partial charge in [0.15, 0.2) is 0 Å². The lowest BCUT2D eigenvalue weighted by molar-refractivity contribution is 0.172. The van der Waals surface area contributed by atoms with E-state index in [-0.39, 0.29) is 0 Å². The third kappa shape index (κ3) is 4.05. The maximum Gasteiger partial charge on any atom is 0.119 e. The second-order valence-electron chi connectivity index (χ2n) is 2.71. The van der Waals surface area contributed by atoms with Crippen molar-refractivity contribution in [1.29, 1.82) is 0 Å². The van der Waals surface area contributed by atoms with Crippen molar-refractivity contribution in [1.82, 2.24) is 5.48 Å². The number of rotatable bonds is 0. The zero-order chi connectivity index (χ0) is 10.2. The molecule has 0 unspecified atom stereocenters. The predicted octanol–water partition coefficient (Wildman–Crippen LogP) is 2.83. The molecule has 1 aromatic carbocycles. The maximum absolute atomic E-state index is 4.55. The number of allylic oxidation sites excluding steroid dienone is 2. The summed E-state index contributed by atoms with van der Waals surface area (Å²) in [6.07, 6.45) is 6.93. The minimum absolute atomic E-state index is 1.06. The summed E-state index contributed by atoms with van der Waals surface area (Å²) in [6.45, 7) is 2.04. The molecule has 0 bridgehead atoms. The molecule has 1 aliphatic rings. The molecule has 0 fully saturated rings. The number of hydrogen-bond donors (Lipinski definition) is 2. The molecule has 1 aromatic rings. The number of hydroxylamine groups is 1. The predicted molar refractivity (Wildman–Crippen MR) is 60.9 cm³/mol. The topological polar surface area (TPSA) is 21.3 Å². The lowest BCUT2D eigenvalue weighted by Gasteiger charge is -1.97. The van der Waals surface area contributed by atoms with E-state index >= 15 is 0 Å². The van der Waals surface area contributed by atoms with E-state index < -0.39 is 0 Å². The molecule has 14 heavy (non-hydrogen) atoms. The molecule has 0 radical (unpaired) electrons. The molecular weight excluding hydrogens is 194 g/mol. The Morgan fingerprint density at radius 1 is 1.21 bits per heavy atom. The molecule has 2 nitrogen and oxygen atoms in total. The first kappa shape index (κ1) is 10.7. The van der Waals surface area contributed by atoms with Crippen LogP contribution in [0.1, 0.15) is 5.56 Å². The molecule has 3 heteroatoms. The van der Waals surface area contributed by atoms with Crippen molar-refractivity contribution < 1.29 is 4.84 Å². The number of thiol groups is 1. The molecule has 74 valence electrons. The van der Waals surface area contributed by atoms with Crippen molar-refractivity contribution in [3.8, 4) is 0 Å². The van der Waals surface area contributed by atoms with Gasteiger partial charge in [-0.3, -0.25) is 0 Å². The van der Waals surface area contributed by atoms with Crippen LogP contribution in [-0.4, -0.2) is 0 Å². The van der Waals surface area contributed by atoms with Crippen LogP contribution in [0.2, 0.25) is 0 Å². The second kappa shape index (κ2) is 6.16. The highest BCUT2D eigenvalue weighted by Crippen LogP contribution is 2.09. The molecule has 2 rings (SSSR count). The number of nitrogens with one attached hydrogen (secondary N) is 1. The van der Waals surface area contributed by atoms with Crippen LogP contribution in [-0.2, 0) is 4.84 Å².